The number of carbonyl (C=O) groups is 2. The maximum Gasteiger partial charge on any atom is 0.350 e. The summed E-state index contributed by atoms with van der Waals surface area (Å²) in [6.07, 6.45) is 0. The Hall–Kier alpha value is -2.48. The molecule has 1 unspecified atom stereocenters. The first-order valence-corrected chi connectivity index (χ1v) is 6.32. The van der Waals surface area contributed by atoms with Crippen molar-refractivity contribution in [3.63, 3.8) is 0 Å². The van der Waals surface area contributed by atoms with E-state index in [0.29, 0.717) is 5.56 Å². The molecule has 0 amide bonds. The van der Waals surface area contributed by atoms with Crippen molar-refractivity contribution in [1.29, 1.82) is 0 Å². The maximum atomic E-state index is 12.2. The van der Waals surface area contributed by atoms with Crippen LogP contribution in [0.15, 0.2) is 30.3 Å². The molecule has 0 fully saturated rings. The van der Waals surface area contributed by atoms with Crippen molar-refractivity contribution in [2.45, 2.75) is 11.5 Å². The topological polar surface area (TPSA) is 105 Å². The number of nitro groups is 1. The number of nitrogens with zero attached hydrogens (tertiary/aromatic N) is 1. The van der Waals surface area contributed by atoms with Gasteiger partial charge < -0.3 is 14.2 Å². The number of ether oxygens (including phenoxy) is 3. The van der Waals surface area contributed by atoms with Crippen LogP contribution in [0.25, 0.3) is 0 Å². The summed E-state index contributed by atoms with van der Waals surface area (Å²) in [5, 5.41) is 11.0. The summed E-state index contributed by atoms with van der Waals surface area (Å²) in [7, 11) is 3.23. The molecule has 0 aliphatic carbocycles. The summed E-state index contributed by atoms with van der Waals surface area (Å²) in [4.78, 5) is 34.8. The van der Waals surface area contributed by atoms with E-state index in [-0.39, 0.29) is 0 Å². The van der Waals surface area contributed by atoms with Crippen LogP contribution in [0, 0.1) is 10.1 Å². The molecule has 0 N–H and O–H groups in total. The van der Waals surface area contributed by atoms with Crippen LogP contribution < -0.4 is 0 Å². The van der Waals surface area contributed by atoms with Crippen LogP contribution in [-0.4, -0.2) is 50.3 Å². The van der Waals surface area contributed by atoms with Gasteiger partial charge >= 0.3 is 11.9 Å². The van der Waals surface area contributed by atoms with Crippen molar-refractivity contribution < 1.29 is 28.7 Å². The molecule has 0 heterocycles. The Morgan fingerprint density at radius 2 is 1.64 bits per heavy atom. The molecule has 22 heavy (non-hydrogen) atoms. The molecule has 0 saturated carbocycles. The van der Waals surface area contributed by atoms with Gasteiger partial charge in [-0.3, -0.25) is 10.1 Å². The largest absolute Gasteiger partial charge is 0.466 e. The Labute approximate surface area is 127 Å². The highest BCUT2D eigenvalue weighted by Crippen LogP contribution is 2.34. The number of hydrogen-bond acceptors (Lipinski definition) is 7. The lowest BCUT2D eigenvalue weighted by molar-refractivity contribution is -0.486. The van der Waals surface area contributed by atoms with Crippen LogP contribution in [0.3, 0.4) is 0 Å². The molecule has 1 atom stereocenters. The minimum Gasteiger partial charge on any atom is -0.466 e. The molecule has 1 aromatic rings. The maximum absolute atomic E-state index is 12.2. The Kier molecular flexibility index (Phi) is 6.00. The summed E-state index contributed by atoms with van der Waals surface area (Å²) in [5.41, 5.74) is -1.87. The fourth-order valence-corrected chi connectivity index (χ4v) is 2.28. The van der Waals surface area contributed by atoms with Gasteiger partial charge in [0.1, 0.15) is 0 Å². The fourth-order valence-electron chi connectivity index (χ4n) is 2.28. The van der Waals surface area contributed by atoms with Gasteiger partial charge in [0.15, 0.2) is 0 Å². The van der Waals surface area contributed by atoms with Crippen molar-refractivity contribution in [2.24, 2.45) is 0 Å². The highest BCUT2D eigenvalue weighted by Gasteiger charge is 2.58. The highest BCUT2D eigenvalue weighted by molar-refractivity contribution is 6.05. The number of benzene rings is 1. The van der Waals surface area contributed by atoms with Gasteiger partial charge in [0.25, 0.3) is 5.60 Å². The zero-order valence-electron chi connectivity index (χ0n) is 12.5. The van der Waals surface area contributed by atoms with Gasteiger partial charge in [-0.2, -0.15) is 0 Å². The van der Waals surface area contributed by atoms with E-state index in [1.165, 1.54) is 0 Å². The molecular formula is C14H17NO7. The molecule has 0 radical (unpaired) electrons. The number of esters is 2. The van der Waals surface area contributed by atoms with E-state index in [9.17, 15) is 19.7 Å². The average Bonchev–Trinajstić information content (AvgIpc) is 2.54. The lowest BCUT2D eigenvalue weighted by atomic mass is 9.81. The quantitative estimate of drug-likeness (QED) is 0.317. The molecule has 1 rings (SSSR count). The van der Waals surface area contributed by atoms with Gasteiger partial charge in [-0.05, 0) is 5.56 Å². The van der Waals surface area contributed by atoms with Crippen LogP contribution in [0.5, 0.6) is 0 Å². The summed E-state index contributed by atoms with van der Waals surface area (Å²) in [6.45, 7) is -0.706. The average molecular weight is 311 g/mol. The highest BCUT2D eigenvalue weighted by atomic mass is 16.6. The molecule has 1 aromatic carbocycles. The van der Waals surface area contributed by atoms with E-state index in [1.54, 1.807) is 30.3 Å². The van der Waals surface area contributed by atoms with Crippen molar-refractivity contribution in [3.8, 4) is 0 Å². The zero-order chi connectivity index (χ0) is 16.8. The monoisotopic (exact) mass is 311 g/mol. The predicted molar refractivity (Wildman–Crippen MR) is 74.8 cm³/mol. The molecule has 0 aliphatic rings. The molecular weight excluding hydrogens is 294 g/mol. The van der Waals surface area contributed by atoms with Gasteiger partial charge in [0.05, 0.1) is 20.1 Å². The minimum absolute atomic E-state index is 0.386. The van der Waals surface area contributed by atoms with Gasteiger partial charge in [-0.1, -0.05) is 30.3 Å². The predicted octanol–water partition coefficient (Wildman–Crippen LogP) is 0.778. The Morgan fingerprint density at radius 1 is 1.14 bits per heavy atom. The van der Waals surface area contributed by atoms with E-state index >= 15 is 0 Å². The molecule has 8 nitrogen and oxygen atoms in total. The van der Waals surface area contributed by atoms with E-state index < -0.39 is 34.9 Å². The first kappa shape index (κ1) is 17.6. The van der Waals surface area contributed by atoms with Crippen molar-refractivity contribution in [1.82, 2.24) is 0 Å². The van der Waals surface area contributed by atoms with Gasteiger partial charge in [-0.25, -0.2) is 9.59 Å². The molecule has 0 aliphatic heterocycles. The van der Waals surface area contributed by atoms with Gasteiger partial charge in [0.2, 0.25) is 6.54 Å². The molecule has 0 spiro atoms. The van der Waals surface area contributed by atoms with Gasteiger partial charge in [-0.15, -0.1) is 0 Å². The minimum atomic E-state index is -2.25. The van der Waals surface area contributed by atoms with Crippen LogP contribution in [0.1, 0.15) is 11.5 Å². The number of rotatable bonds is 7. The summed E-state index contributed by atoms with van der Waals surface area (Å²) in [5.74, 6) is -3.32. The van der Waals surface area contributed by atoms with E-state index in [4.69, 9.17) is 4.74 Å². The van der Waals surface area contributed by atoms with Crippen molar-refractivity contribution in [2.75, 3.05) is 27.9 Å². The smallest absolute Gasteiger partial charge is 0.350 e. The van der Waals surface area contributed by atoms with Crippen molar-refractivity contribution in [3.05, 3.63) is 46.0 Å². The van der Waals surface area contributed by atoms with Crippen LogP contribution in [0.2, 0.25) is 0 Å². The SMILES string of the molecule is COC(=O)C(OC)(C(=O)OC)C(C[N+](=O)[O-])c1ccccc1. The normalized spacial score (nSPS) is 12.3. The summed E-state index contributed by atoms with van der Waals surface area (Å²) < 4.78 is 14.4. The zero-order valence-corrected chi connectivity index (χ0v) is 12.5. The molecule has 120 valence electrons. The Balaban J connectivity index is 3.51. The van der Waals surface area contributed by atoms with Crippen LogP contribution in [0.4, 0.5) is 0 Å². The second-order valence-electron chi connectivity index (χ2n) is 4.40. The lowest BCUT2D eigenvalue weighted by Gasteiger charge is -2.32. The Bertz CT molecular complexity index is 527. The lowest BCUT2D eigenvalue weighted by Crippen LogP contribution is -2.56. The van der Waals surface area contributed by atoms with Crippen LogP contribution in [-0.2, 0) is 23.8 Å². The number of carbonyl (C=O) groups excluding carboxylic acids is 2. The third-order valence-electron chi connectivity index (χ3n) is 3.32. The summed E-state index contributed by atoms with van der Waals surface area (Å²) >= 11 is 0. The first-order valence-electron chi connectivity index (χ1n) is 6.32. The molecule has 0 bridgehead atoms. The molecule has 0 saturated heterocycles. The van der Waals surface area contributed by atoms with Crippen molar-refractivity contribution >= 4 is 11.9 Å². The second-order valence-corrected chi connectivity index (χ2v) is 4.40. The van der Waals surface area contributed by atoms with Gasteiger partial charge in [0, 0.05) is 12.0 Å². The Morgan fingerprint density at radius 3 is 2.00 bits per heavy atom. The number of methoxy groups -OCH3 is 3. The molecule has 8 heteroatoms. The van der Waals surface area contributed by atoms with E-state index in [1.807, 2.05) is 0 Å². The fraction of sp³-hybridized carbons (Fsp3) is 0.429. The standard InChI is InChI=1S/C14H17NO7/c1-20-12(16)14(22-3,13(17)21-2)11(9-15(18)19)10-7-5-4-6-8-10/h4-8,11H,9H2,1-3H3. The van der Waals surface area contributed by atoms with E-state index in [2.05, 4.69) is 9.47 Å². The third-order valence-corrected chi connectivity index (χ3v) is 3.32. The first-order chi connectivity index (χ1) is 10.4. The number of hydrogen-bond donors (Lipinski definition) is 0. The van der Waals surface area contributed by atoms with Crippen LogP contribution >= 0.6 is 0 Å². The molecule has 0 aromatic heterocycles. The van der Waals surface area contributed by atoms with E-state index in [0.717, 1.165) is 21.3 Å². The third kappa shape index (κ3) is 3.22. The second kappa shape index (κ2) is 7.51. The summed E-state index contributed by atoms with van der Waals surface area (Å²) in [6, 6.07) is 8.10.